The van der Waals surface area contributed by atoms with Gasteiger partial charge in [0, 0.05) is 51.6 Å². The van der Waals surface area contributed by atoms with Crippen LogP contribution in [0, 0.1) is 5.13 Å². The van der Waals surface area contributed by atoms with E-state index in [9.17, 15) is 9.18 Å². The fraction of sp³-hybridized carbons (Fsp3) is 0. The van der Waals surface area contributed by atoms with Crippen molar-refractivity contribution in [1.29, 1.82) is 0 Å². The molecule has 8 nitrogen and oxygen atoms in total. The van der Waals surface area contributed by atoms with Crippen molar-refractivity contribution in [3.05, 3.63) is 102 Å². The van der Waals surface area contributed by atoms with Crippen molar-refractivity contribution < 1.29 is 9.18 Å². The molecule has 7 rings (SSSR count). The molecule has 0 saturated carbocycles. The van der Waals surface area contributed by atoms with Crippen molar-refractivity contribution in [3.8, 4) is 33.1 Å². The summed E-state index contributed by atoms with van der Waals surface area (Å²) in [5.41, 5.74) is 6.45. The average Bonchev–Trinajstić information content (AvgIpc) is 3.71. The third-order valence-corrected chi connectivity index (χ3v) is 7.27. The lowest BCUT2D eigenvalue weighted by molar-refractivity contribution is 0.102. The van der Waals surface area contributed by atoms with Gasteiger partial charge in [0.1, 0.15) is 5.69 Å². The maximum atomic E-state index is 13.7. The molecule has 188 valence electrons. The molecule has 0 spiro atoms. The highest BCUT2D eigenvalue weighted by Crippen LogP contribution is 2.35. The zero-order valence-corrected chi connectivity index (χ0v) is 21.0. The molecule has 0 fully saturated rings. The van der Waals surface area contributed by atoms with Crippen LogP contribution >= 0.6 is 11.3 Å². The van der Waals surface area contributed by atoms with Gasteiger partial charge in [-0.05, 0) is 48.5 Å². The van der Waals surface area contributed by atoms with Gasteiger partial charge in [0.2, 0.25) is 0 Å². The van der Waals surface area contributed by atoms with Gasteiger partial charge in [0.15, 0.2) is 10.8 Å². The Kier molecular flexibility index (Phi) is 5.45. The molecule has 0 aliphatic carbocycles. The lowest BCUT2D eigenvalue weighted by Crippen LogP contribution is -2.11. The molecule has 0 radical (unpaired) electrons. The second-order valence-electron chi connectivity index (χ2n) is 8.88. The van der Waals surface area contributed by atoms with Crippen LogP contribution in [-0.2, 0) is 0 Å². The van der Waals surface area contributed by atoms with Gasteiger partial charge in [-0.15, -0.1) is 11.3 Å². The standard InChI is InChI=1S/C29H18FN7OS/c30-25-7-6-24(39-25)27-20-12-23(35-22(20)8-9-32-27)26-21-11-18(14-33-28(21)37-36-26)17-10-19(15-31-13-17)34-29(38)16-4-2-1-3-5-16/h1-15,35H,(H,34,38)(H,33,36,37). The van der Waals surface area contributed by atoms with E-state index in [2.05, 4.69) is 35.5 Å². The molecule has 7 aromatic rings. The second kappa shape index (κ2) is 9.26. The number of carbonyl (C=O) groups is 1. The van der Waals surface area contributed by atoms with E-state index in [-0.39, 0.29) is 11.0 Å². The molecule has 6 heterocycles. The lowest BCUT2D eigenvalue weighted by Gasteiger charge is -2.07. The van der Waals surface area contributed by atoms with Crippen molar-refractivity contribution >= 4 is 44.9 Å². The van der Waals surface area contributed by atoms with Crippen molar-refractivity contribution in [3.63, 3.8) is 0 Å². The summed E-state index contributed by atoms with van der Waals surface area (Å²) in [7, 11) is 0. The Hall–Kier alpha value is -5.22. The van der Waals surface area contributed by atoms with Crippen molar-refractivity contribution in [2.45, 2.75) is 0 Å². The van der Waals surface area contributed by atoms with Crippen molar-refractivity contribution in [1.82, 2.24) is 30.1 Å². The van der Waals surface area contributed by atoms with Gasteiger partial charge in [0.25, 0.3) is 5.91 Å². The highest BCUT2D eigenvalue weighted by molar-refractivity contribution is 7.13. The van der Waals surface area contributed by atoms with Crippen LogP contribution in [0.5, 0.6) is 0 Å². The molecular formula is C29H18FN7OS. The van der Waals surface area contributed by atoms with E-state index in [0.717, 1.165) is 49.3 Å². The van der Waals surface area contributed by atoms with Gasteiger partial charge in [-0.3, -0.25) is 19.9 Å². The van der Waals surface area contributed by atoms with Crippen LogP contribution in [0.4, 0.5) is 10.1 Å². The molecule has 1 amide bonds. The number of pyridine rings is 3. The predicted octanol–water partition coefficient (Wildman–Crippen LogP) is 6.68. The molecule has 3 N–H and O–H groups in total. The molecule has 0 saturated heterocycles. The summed E-state index contributed by atoms with van der Waals surface area (Å²) >= 11 is 1.06. The van der Waals surface area contributed by atoms with Crippen LogP contribution in [0.15, 0.2) is 91.5 Å². The number of rotatable bonds is 5. The summed E-state index contributed by atoms with van der Waals surface area (Å²) < 4.78 is 13.7. The van der Waals surface area contributed by atoms with Crippen LogP contribution in [0.2, 0.25) is 0 Å². The van der Waals surface area contributed by atoms with E-state index in [0.29, 0.717) is 28.3 Å². The largest absolute Gasteiger partial charge is 0.353 e. The minimum Gasteiger partial charge on any atom is -0.353 e. The van der Waals surface area contributed by atoms with E-state index in [1.165, 1.54) is 6.07 Å². The highest BCUT2D eigenvalue weighted by Gasteiger charge is 2.17. The van der Waals surface area contributed by atoms with Crippen LogP contribution in [0.1, 0.15) is 10.4 Å². The van der Waals surface area contributed by atoms with Gasteiger partial charge in [0.05, 0.1) is 28.1 Å². The molecular weight excluding hydrogens is 513 g/mol. The Morgan fingerprint density at radius 1 is 0.872 bits per heavy atom. The number of amides is 1. The maximum Gasteiger partial charge on any atom is 0.255 e. The van der Waals surface area contributed by atoms with E-state index in [1.807, 2.05) is 42.5 Å². The SMILES string of the molecule is O=C(Nc1cncc(-c2cnc3[nH]nc(-c4cc5c(-c6ccc(F)s6)nccc5[nH]4)c3c2)c1)c1ccccc1. The fourth-order valence-electron chi connectivity index (χ4n) is 4.54. The van der Waals surface area contributed by atoms with Gasteiger partial charge in [-0.2, -0.15) is 9.49 Å². The van der Waals surface area contributed by atoms with Crippen molar-refractivity contribution in [2.75, 3.05) is 5.32 Å². The minimum absolute atomic E-state index is 0.210. The average molecular weight is 532 g/mol. The number of nitrogens with one attached hydrogen (secondary N) is 3. The first-order chi connectivity index (χ1) is 19.1. The first-order valence-corrected chi connectivity index (χ1v) is 12.8. The molecule has 10 heteroatoms. The monoisotopic (exact) mass is 531 g/mol. The summed E-state index contributed by atoms with van der Waals surface area (Å²) in [6.07, 6.45) is 6.77. The Labute approximate surface area is 224 Å². The normalized spacial score (nSPS) is 11.3. The molecule has 0 aliphatic rings. The van der Waals surface area contributed by atoms with Gasteiger partial charge < -0.3 is 10.3 Å². The Bertz CT molecular complexity index is 1990. The van der Waals surface area contributed by atoms with E-state index < -0.39 is 0 Å². The minimum atomic E-state index is -0.255. The number of aromatic amines is 2. The first kappa shape index (κ1) is 22.9. The third kappa shape index (κ3) is 4.22. The number of hydrogen-bond donors (Lipinski definition) is 3. The third-order valence-electron chi connectivity index (χ3n) is 6.39. The lowest BCUT2D eigenvalue weighted by atomic mass is 10.1. The summed E-state index contributed by atoms with van der Waals surface area (Å²) in [5, 5.41) is 11.9. The molecule has 0 aliphatic heterocycles. The summed E-state index contributed by atoms with van der Waals surface area (Å²) in [6, 6.07) is 19.9. The highest BCUT2D eigenvalue weighted by atomic mass is 32.1. The number of aromatic nitrogens is 6. The van der Waals surface area contributed by atoms with Gasteiger partial charge in [-0.25, -0.2) is 4.98 Å². The molecule has 0 bridgehead atoms. The second-order valence-corrected chi connectivity index (χ2v) is 9.92. The number of nitrogens with zero attached hydrogens (tertiary/aromatic N) is 4. The van der Waals surface area contributed by atoms with Crippen LogP contribution in [0.3, 0.4) is 0 Å². The summed E-state index contributed by atoms with van der Waals surface area (Å²) in [6.45, 7) is 0. The predicted molar refractivity (Wildman–Crippen MR) is 150 cm³/mol. The smallest absolute Gasteiger partial charge is 0.255 e. The number of hydrogen-bond acceptors (Lipinski definition) is 6. The number of benzene rings is 1. The number of anilines is 1. The molecule has 39 heavy (non-hydrogen) atoms. The number of thiophene rings is 1. The zero-order valence-electron chi connectivity index (χ0n) is 20.1. The topological polar surface area (TPSA) is 112 Å². The first-order valence-electron chi connectivity index (χ1n) is 12.0. The molecule has 6 aromatic heterocycles. The number of halogens is 1. The Morgan fingerprint density at radius 3 is 2.59 bits per heavy atom. The molecule has 0 unspecified atom stereocenters. The zero-order chi connectivity index (χ0) is 26.3. The molecule has 0 atom stereocenters. The van der Waals surface area contributed by atoms with Gasteiger partial charge >= 0.3 is 0 Å². The van der Waals surface area contributed by atoms with E-state index in [4.69, 9.17) is 0 Å². The van der Waals surface area contributed by atoms with Crippen molar-refractivity contribution in [2.24, 2.45) is 0 Å². The number of carbonyl (C=O) groups excluding carboxylic acids is 1. The quantitative estimate of drug-likeness (QED) is 0.229. The van der Waals surface area contributed by atoms with Crippen LogP contribution < -0.4 is 5.32 Å². The Balaban J connectivity index is 1.25. The van der Waals surface area contributed by atoms with Crippen LogP contribution in [0.25, 0.3) is 55.0 Å². The fourth-order valence-corrected chi connectivity index (χ4v) is 5.29. The maximum absolute atomic E-state index is 13.7. The number of fused-ring (bicyclic) bond motifs is 2. The number of H-pyrrole nitrogens is 2. The van der Waals surface area contributed by atoms with E-state index in [1.54, 1.807) is 43.0 Å². The van der Waals surface area contributed by atoms with Gasteiger partial charge in [-0.1, -0.05) is 18.2 Å². The summed E-state index contributed by atoms with van der Waals surface area (Å²) in [4.78, 5) is 30.2. The Morgan fingerprint density at radius 2 is 1.74 bits per heavy atom. The molecule has 1 aromatic carbocycles. The summed E-state index contributed by atoms with van der Waals surface area (Å²) in [5.74, 6) is -0.210. The van der Waals surface area contributed by atoms with E-state index >= 15 is 0 Å². The van der Waals surface area contributed by atoms with Crippen LogP contribution in [-0.4, -0.2) is 36.0 Å².